The lowest BCUT2D eigenvalue weighted by atomic mass is 9.79. The third kappa shape index (κ3) is 4.69. The van der Waals surface area contributed by atoms with Crippen LogP contribution in [-0.4, -0.2) is 28.9 Å². The summed E-state index contributed by atoms with van der Waals surface area (Å²) in [5, 5.41) is 7.25. The first-order chi connectivity index (χ1) is 8.15. The van der Waals surface area contributed by atoms with E-state index < -0.39 is 0 Å². The van der Waals surface area contributed by atoms with Gasteiger partial charge >= 0.3 is 0 Å². The van der Waals surface area contributed by atoms with Crippen molar-refractivity contribution < 1.29 is 4.79 Å². The van der Waals surface area contributed by atoms with Gasteiger partial charge in [-0.15, -0.1) is 0 Å². The lowest BCUT2D eigenvalue weighted by Gasteiger charge is -2.47. The summed E-state index contributed by atoms with van der Waals surface area (Å²) in [4.78, 5) is 11.7. The fourth-order valence-electron chi connectivity index (χ4n) is 3.42. The van der Waals surface area contributed by atoms with E-state index in [1.807, 2.05) is 0 Å². The molecule has 0 aromatic heterocycles. The molecule has 0 aliphatic carbocycles. The van der Waals surface area contributed by atoms with Gasteiger partial charge in [-0.2, -0.15) is 0 Å². The van der Waals surface area contributed by atoms with E-state index in [2.05, 4.69) is 45.3 Å². The molecular weight excluding hydrogens is 224 g/mol. The number of hydrogen-bond donors (Lipinski definition) is 2. The van der Waals surface area contributed by atoms with Gasteiger partial charge in [0.2, 0.25) is 0 Å². The Hall–Kier alpha value is -0.410. The summed E-state index contributed by atoms with van der Waals surface area (Å²) >= 11 is 0. The van der Waals surface area contributed by atoms with Crippen LogP contribution in [0.3, 0.4) is 0 Å². The van der Waals surface area contributed by atoms with Gasteiger partial charge in [-0.3, -0.25) is 4.79 Å². The number of carbonyl (C=O) groups is 1. The van der Waals surface area contributed by atoms with Crippen LogP contribution in [0.15, 0.2) is 0 Å². The van der Waals surface area contributed by atoms with Crippen LogP contribution in [0, 0.1) is 0 Å². The van der Waals surface area contributed by atoms with Crippen molar-refractivity contribution in [1.82, 2.24) is 10.6 Å². The van der Waals surface area contributed by atoms with Crippen LogP contribution in [0.1, 0.15) is 67.2 Å². The molecule has 1 fully saturated rings. The molecule has 0 aromatic rings. The van der Waals surface area contributed by atoms with Crippen molar-refractivity contribution in [3.8, 4) is 0 Å². The van der Waals surface area contributed by atoms with Gasteiger partial charge in [-0.05, 0) is 53.9 Å². The zero-order chi connectivity index (χ0) is 14.0. The van der Waals surface area contributed by atoms with E-state index >= 15 is 0 Å². The number of ketones is 1. The van der Waals surface area contributed by atoms with E-state index in [9.17, 15) is 4.79 Å². The maximum atomic E-state index is 11.7. The second-order valence-electron chi connectivity index (χ2n) is 7.12. The zero-order valence-corrected chi connectivity index (χ0v) is 12.9. The Morgan fingerprint density at radius 1 is 1.28 bits per heavy atom. The van der Waals surface area contributed by atoms with Gasteiger partial charge < -0.3 is 10.6 Å². The third-order valence-electron chi connectivity index (χ3n) is 3.70. The average molecular weight is 254 g/mol. The highest BCUT2D eigenvalue weighted by Gasteiger charge is 2.38. The van der Waals surface area contributed by atoms with E-state index in [4.69, 9.17) is 0 Å². The third-order valence-corrected chi connectivity index (χ3v) is 3.70. The predicted molar refractivity (Wildman–Crippen MR) is 76.8 cm³/mol. The Bertz CT molecular complexity index is 281. The van der Waals surface area contributed by atoms with Gasteiger partial charge in [0.15, 0.2) is 0 Å². The molecule has 2 N–H and O–H groups in total. The summed E-state index contributed by atoms with van der Waals surface area (Å²) in [5.41, 5.74) is 0.264. The number of Topliss-reactive ketones (excluding diaryl/α,β-unsaturated/α-hetero) is 1. The fourth-order valence-corrected chi connectivity index (χ4v) is 3.42. The molecule has 0 spiro atoms. The minimum atomic E-state index is 0.0321. The molecule has 106 valence electrons. The van der Waals surface area contributed by atoms with Gasteiger partial charge in [-0.25, -0.2) is 0 Å². The summed E-state index contributed by atoms with van der Waals surface area (Å²) in [6, 6.07) is 0.460. The molecule has 1 heterocycles. The number of rotatable bonds is 5. The fraction of sp³-hybridized carbons (Fsp3) is 0.933. The summed E-state index contributed by atoms with van der Waals surface area (Å²) in [5.74, 6) is 0.269. The van der Waals surface area contributed by atoms with Crippen LogP contribution in [0.2, 0.25) is 0 Å². The second kappa shape index (κ2) is 5.70. The normalized spacial score (nSPS) is 24.8. The van der Waals surface area contributed by atoms with E-state index in [1.54, 1.807) is 6.92 Å². The van der Waals surface area contributed by atoms with Crippen LogP contribution >= 0.6 is 0 Å². The minimum Gasteiger partial charge on any atom is -0.307 e. The predicted octanol–water partition coefficient (Wildman–Crippen LogP) is 2.64. The number of nitrogens with one attached hydrogen (secondary N) is 2. The van der Waals surface area contributed by atoms with Crippen molar-refractivity contribution in [2.45, 2.75) is 90.4 Å². The molecule has 0 amide bonds. The second-order valence-corrected chi connectivity index (χ2v) is 7.12. The van der Waals surface area contributed by atoms with Crippen LogP contribution in [0.5, 0.6) is 0 Å². The molecule has 1 saturated heterocycles. The van der Waals surface area contributed by atoms with Crippen molar-refractivity contribution in [1.29, 1.82) is 0 Å². The summed E-state index contributed by atoms with van der Waals surface area (Å²) in [7, 11) is 0. The summed E-state index contributed by atoms with van der Waals surface area (Å²) in [6.45, 7) is 12.8. The SMILES string of the molecule is CCCC(NC1CC(C)(C)NC(C)(C)C1)C(C)=O. The first-order valence-corrected chi connectivity index (χ1v) is 7.21. The van der Waals surface area contributed by atoms with E-state index in [0.717, 1.165) is 25.7 Å². The van der Waals surface area contributed by atoms with Gasteiger partial charge in [-0.1, -0.05) is 13.3 Å². The lowest BCUT2D eigenvalue weighted by molar-refractivity contribution is -0.119. The Labute approximate surface area is 112 Å². The smallest absolute Gasteiger partial charge is 0.146 e. The Morgan fingerprint density at radius 3 is 2.17 bits per heavy atom. The Balaban J connectivity index is 2.67. The Morgan fingerprint density at radius 2 is 1.78 bits per heavy atom. The summed E-state index contributed by atoms with van der Waals surface area (Å²) < 4.78 is 0. The van der Waals surface area contributed by atoms with E-state index in [-0.39, 0.29) is 22.9 Å². The number of hydrogen-bond acceptors (Lipinski definition) is 3. The van der Waals surface area contributed by atoms with Crippen LogP contribution < -0.4 is 10.6 Å². The average Bonchev–Trinajstić information content (AvgIpc) is 2.11. The molecule has 1 rings (SSSR count). The highest BCUT2D eigenvalue weighted by molar-refractivity contribution is 5.81. The van der Waals surface area contributed by atoms with Crippen molar-refractivity contribution >= 4 is 5.78 Å². The molecule has 1 atom stereocenters. The molecule has 0 bridgehead atoms. The van der Waals surface area contributed by atoms with Crippen molar-refractivity contribution in [3.63, 3.8) is 0 Å². The quantitative estimate of drug-likeness (QED) is 0.792. The van der Waals surface area contributed by atoms with E-state index in [0.29, 0.717) is 6.04 Å². The van der Waals surface area contributed by atoms with Gasteiger partial charge in [0, 0.05) is 17.1 Å². The van der Waals surface area contributed by atoms with Gasteiger partial charge in [0.1, 0.15) is 5.78 Å². The number of piperidine rings is 1. The van der Waals surface area contributed by atoms with Crippen molar-refractivity contribution in [2.75, 3.05) is 0 Å². The van der Waals surface area contributed by atoms with Crippen molar-refractivity contribution in [2.24, 2.45) is 0 Å². The van der Waals surface area contributed by atoms with Gasteiger partial charge in [0.05, 0.1) is 6.04 Å². The molecular formula is C15H30N2O. The topological polar surface area (TPSA) is 41.1 Å². The standard InChI is InChI=1S/C15H30N2O/c1-7-8-13(11(2)18)16-12-9-14(3,4)17-15(5,6)10-12/h12-13,16-17H,7-10H2,1-6H3. The minimum absolute atomic E-state index is 0.0321. The Kier molecular flexibility index (Phi) is 4.96. The highest BCUT2D eigenvalue weighted by Crippen LogP contribution is 2.28. The largest absolute Gasteiger partial charge is 0.307 e. The first kappa shape index (κ1) is 15.6. The molecule has 0 aromatic carbocycles. The molecule has 18 heavy (non-hydrogen) atoms. The molecule has 1 aliphatic rings. The lowest BCUT2D eigenvalue weighted by Crippen LogP contribution is -2.63. The van der Waals surface area contributed by atoms with Crippen LogP contribution in [0.4, 0.5) is 0 Å². The first-order valence-electron chi connectivity index (χ1n) is 7.21. The monoisotopic (exact) mass is 254 g/mol. The molecule has 3 nitrogen and oxygen atoms in total. The highest BCUT2D eigenvalue weighted by atomic mass is 16.1. The van der Waals surface area contributed by atoms with Gasteiger partial charge in [0.25, 0.3) is 0 Å². The number of carbonyl (C=O) groups excluding carboxylic acids is 1. The molecule has 0 radical (unpaired) electrons. The molecule has 0 saturated carbocycles. The van der Waals surface area contributed by atoms with Crippen molar-refractivity contribution in [3.05, 3.63) is 0 Å². The molecule has 3 heteroatoms. The van der Waals surface area contributed by atoms with Crippen LogP contribution in [-0.2, 0) is 4.79 Å². The van der Waals surface area contributed by atoms with E-state index in [1.165, 1.54) is 0 Å². The molecule has 1 aliphatic heterocycles. The van der Waals surface area contributed by atoms with Crippen LogP contribution in [0.25, 0.3) is 0 Å². The maximum absolute atomic E-state index is 11.7. The zero-order valence-electron chi connectivity index (χ0n) is 12.9. The summed E-state index contributed by atoms with van der Waals surface area (Å²) in [6.07, 6.45) is 4.14. The molecule has 1 unspecified atom stereocenters. The maximum Gasteiger partial charge on any atom is 0.146 e.